The van der Waals surface area contributed by atoms with Crippen molar-refractivity contribution in [2.24, 2.45) is 0 Å². The van der Waals surface area contributed by atoms with Crippen molar-refractivity contribution in [3.8, 4) is 17.3 Å². The summed E-state index contributed by atoms with van der Waals surface area (Å²) in [6.07, 6.45) is -1.72. The highest BCUT2D eigenvalue weighted by molar-refractivity contribution is 6.06. The molecule has 2 aliphatic heterocycles. The van der Waals surface area contributed by atoms with Gasteiger partial charge in [0.25, 0.3) is 0 Å². The van der Waals surface area contributed by atoms with E-state index in [2.05, 4.69) is 20.3 Å². The number of likely N-dealkylation sites (N-methyl/N-ethyl adjacent to an activating group) is 1. The lowest BCUT2D eigenvalue weighted by Gasteiger charge is -2.35. The molecule has 3 unspecified atom stereocenters. The number of aryl methyl sites for hydroxylation is 1. The van der Waals surface area contributed by atoms with Crippen LogP contribution in [0.25, 0.3) is 38.6 Å². The normalized spacial score (nSPS) is 24.0. The molecule has 2 fully saturated rings. The van der Waals surface area contributed by atoms with E-state index in [1.165, 1.54) is 25.4 Å². The zero-order valence-electron chi connectivity index (χ0n) is 27.5. The summed E-state index contributed by atoms with van der Waals surface area (Å²) in [5.74, 6) is -0.899. The van der Waals surface area contributed by atoms with Crippen molar-refractivity contribution < 1.29 is 36.5 Å². The number of rotatable bonds is 7. The van der Waals surface area contributed by atoms with Gasteiger partial charge in [0.1, 0.15) is 35.4 Å². The minimum atomic E-state index is -4.86. The number of pyridine rings is 1. The molecule has 49 heavy (non-hydrogen) atoms. The number of fused-ring (bicyclic) bond motifs is 4. The summed E-state index contributed by atoms with van der Waals surface area (Å²) < 4.78 is 89.3. The molecule has 1 aromatic carbocycles. The molecule has 3 atom stereocenters. The Kier molecular flexibility index (Phi) is 8.18. The number of hydrogen-bond acceptors (Lipinski definition) is 9. The Hall–Kier alpha value is -4.15. The van der Waals surface area contributed by atoms with E-state index in [0.717, 1.165) is 10.9 Å². The van der Waals surface area contributed by atoms with Crippen LogP contribution in [0.15, 0.2) is 24.5 Å². The first-order valence-corrected chi connectivity index (χ1v) is 16.2. The second kappa shape index (κ2) is 12.0. The van der Waals surface area contributed by atoms with Crippen LogP contribution in [0, 0.1) is 12.7 Å². The second-order valence-corrected chi connectivity index (χ2v) is 13.5. The lowest BCUT2D eigenvalue weighted by atomic mass is 9.91. The number of aromatic nitrogens is 6. The average Bonchev–Trinajstić information content (AvgIpc) is 3.73. The number of likely N-dealkylation sites (tertiary alicyclic amines) is 1. The quantitative estimate of drug-likeness (QED) is 0.215. The number of nitrogens with one attached hydrogen (secondary N) is 1. The standard InChI is InChI=1S/C33H37F5N8O3/c1-5-7-32(12-19(34)14-44(32)4)17-49-30-41-27-24(29(42-30)45-9-10-48-16-31(3,47)15-45)22-6-8-40-46(22)28(26(27)35)23-20-13-39-43-21(20)11-18(2)25(23)33(36,37)38/h6,8,11,13,19,47H,5,7,9-10,12,14-17H2,1-4H3,(H,39,43). The molecule has 16 heteroatoms. The highest BCUT2D eigenvalue weighted by Crippen LogP contribution is 2.46. The monoisotopic (exact) mass is 688 g/mol. The Bertz CT molecular complexity index is 2050. The van der Waals surface area contributed by atoms with E-state index in [4.69, 9.17) is 14.5 Å². The smallest absolute Gasteiger partial charge is 0.417 e. The van der Waals surface area contributed by atoms with Gasteiger partial charge >= 0.3 is 12.2 Å². The number of aromatic amines is 1. The van der Waals surface area contributed by atoms with Gasteiger partial charge in [0.2, 0.25) is 0 Å². The van der Waals surface area contributed by atoms with Gasteiger partial charge in [-0.05, 0) is 45.0 Å². The number of anilines is 1. The second-order valence-electron chi connectivity index (χ2n) is 13.5. The van der Waals surface area contributed by atoms with Gasteiger partial charge in [0.05, 0.1) is 59.7 Å². The van der Waals surface area contributed by atoms with E-state index in [1.807, 2.05) is 18.9 Å². The number of benzene rings is 1. The number of aliphatic hydroxyl groups is 1. The molecular formula is C33H37F5N8O3. The molecule has 5 aromatic rings. The van der Waals surface area contributed by atoms with Crippen molar-refractivity contribution in [3.63, 3.8) is 0 Å². The van der Waals surface area contributed by atoms with Gasteiger partial charge in [0, 0.05) is 30.5 Å². The summed E-state index contributed by atoms with van der Waals surface area (Å²) in [4.78, 5) is 12.9. The Balaban J connectivity index is 1.50. The van der Waals surface area contributed by atoms with E-state index < -0.39 is 46.1 Å². The number of ether oxygens (including phenoxy) is 2. The highest BCUT2D eigenvalue weighted by Gasteiger charge is 2.44. The van der Waals surface area contributed by atoms with Crippen LogP contribution >= 0.6 is 0 Å². The highest BCUT2D eigenvalue weighted by atomic mass is 19.4. The predicted molar refractivity (Wildman–Crippen MR) is 172 cm³/mol. The van der Waals surface area contributed by atoms with E-state index in [1.54, 1.807) is 17.9 Å². The van der Waals surface area contributed by atoms with Crippen molar-refractivity contribution in [2.45, 2.75) is 63.5 Å². The van der Waals surface area contributed by atoms with Crippen molar-refractivity contribution in [3.05, 3.63) is 41.5 Å². The van der Waals surface area contributed by atoms with E-state index in [9.17, 15) is 22.7 Å². The van der Waals surface area contributed by atoms with Gasteiger partial charge in [-0.3, -0.25) is 10.00 Å². The van der Waals surface area contributed by atoms with Crippen LogP contribution in [0.4, 0.5) is 27.8 Å². The molecule has 7 rings (SSSR count). The molecule has 11 nitrogen and oxygen atoms in total. The topological polar surface area (TPSA) is 117 Å². The fraction of sp³-hybridized carbons (Fsp3) is 0.515. The number of hydrogen-bond donors (Lipinski definition) is 2. The van der Waals surface area contributed by atoms with Gasteiger partial charge in [-0.1, -0.05) is 13.3 Å². The van der Waals surface area contributed by atoms with Crippen molar-refractivity contribution >= 4 is 33.1 Å². The molecule has 262 valence electrons. The number of alkyl halides is 4. The summed E-state index contributed by atoms with van der Waals surface area (Å²) in [6, 6.07) is 2.63. The summed E-state index contributed by atoms with van der Waals surface area (Å²) >= 11 is 0. The molecule has 0 amide bonds. The van der Waals surface area contributed by atoms with E-state index in [-0.39, 0.29) is 90.6 Å². The maximum Gasteiger partial charge on any atom is 0.417 e. The van der Waals surface area contributed by atoms with Gasteiger partial charge in [-0.2, -0.15) is 33.3 Å². The van der Waals surface area contributed by atoms with E-state index >= 15 is 4.39 Å². The molecular weight excluding hydrogens is 651 g/mol. The van der Waals surface area contributed by atoms with Gasteiger partial charge in [0.15, 0.2) is 5.82 Å². The predicted octanol–water partition coefficient (Wildman–Crippen LogP) is 5.47. The van der Waals surface area contributed by atoms with Gasteiger partial charge < -0.3 is 19.5 Å². The molecule has 0 spiro atoms. The molecule has 4 aromatic heterocycles. The van der Waals surface area contributed by atoms with Crippen LogP contribution in [0.1, 0.15) is 44.2 Å². The largest absolute Gasteiger partial charge is 0.461 e. The third-order valence-electron chi connectivity index (χ3n) is 9.68. The molecule has 0 radical (unpaired) electrons. The number of H-pyrrole nitrogens is 1. The Morgan fingerprint density at radius 1 is 1.24 bits per heavy atom. The third kappa shape index (κ3) is 5.72. The minimum Gasteiger partial charge on any atom is -0.461 e. The fourth-order valence-electron chi connectivity index (χ4n) is 7.55. The summed E-state index contributed by atoms with van der Waals surface area (Å²) in [5, 5.41) is 22.2. The SMILES string of the molecule is CCCC1(COc2nc(N3CCOCC(C)(O)C3)c3c(n2)c(F)c(-c2c(C(F)(F)F)c(C)cc4[nH]ncc24)n2nccc32)CC(F)CN1C. The number of halogens is 5. The number of β-amino-alcohol motifs (C(OH)–C–C–N with tert-alkyl or cyclic N) is 1. The molecule has 2 N–H and O–H groups in total. The number of nitrogens with zero attached hydrogens (tertiary/aromatic N) is 7. The van der Waals surface area contributed by atoms with Crippen LogP contribution in [-0.2, 0) is 10.9 Å². The molecule has 2 saturated heterocycles. The molecule has 2 aliphatic rings. The molecule has 0 aliphatic carbocycles. The Morgan fingerprint density at radius 2 is 2.04 bits per heavy atom. The molecule has 6 heterocycles. The zero-order valence-corrected chi connectivity index (χ0v) is 27.5. The average molecular weight is 689 g/mol. The molecule has 0 saturated carbocycles. The van der Waals surface area contributed by atoms with E-state index in [0.29, 0.717) is 6.42 Å². The van der Waals surface area contributed by atoms with Crippen LogP contribution in [0.3, 0.4) is 0 Å². The van der Waals surface area contributed by atoms with Crippen molar-refractivity contribution in [2.75, 3.05) is 51.4 Å². The maximum absolute atomic E-state index is 17.4. The van der Waals surface area contributed by atoms with Crippen LogP contribution in [-0.4, -0.2) is 104 Å². The van der Waals surface area contributed by atoms with Crippen LogP contribution < -0.4 is 9.64 Å². The van der Waals surface area contributed by atoms with Crippen molar-refractivity contribution in [1.29, 1.82) is 0 Å². The summed E-state index contributed by atoms with van der Waals surface area (Å²) in [6.45, 7) is 5.68. The molecule has 0 bridgehead atoms. The lowest BCUT2D eigenvalue weighted by Crippen LogP contribution is -2.46. The van der Waals surface area contributed by atoms with Gasteiger partial charge in [-0.25, -0.2) is 13.3 Å². The van der Waals surface area contributed by atoms with Crippen molar-refractivity contribution in [1.82, 2.24) is 34.7 Å². The first-order valence-electron chi connectivity index (χ1n) is 16.2. The van der Waals surface area contributed by atoms with Crippen LogP contribution in [0.5, 0.6) is 6.01 Å². The summed E-state index contributed by atoms with van der Waals surface area (Å²) in [5.41, 5.74) is -3.82. The first-order chi connectivity index (χ1) is 23.2. The fourth-order valence-corrected chi connectivity index (χ4v) is 7.55. The lowest BCUT2D eigenvalue weighted by molar-refractivity contribution is -0.137. The Morgan fingerprint density at radius 3 is 2.76 bits per heavy atom. The first kappa shape index (κ1) is 33.4. The summed E-state index contributed by atoms with van der Waals surface area (Å²) in [7, 11) is 1.82. The van der Waals surface area contributed by atoms with Gasteiger partial charge in [-0.15, -0.1) is 0 Å². The Labute approximate surface area is 278 Å². The zero-order chi connectivity index (χ0) is 34.9. The maximum atomic E-state index is 17.4. The third-order valence-corrected chi connectivity index (χ3v) is 9.68. The minimum absolute atomic E-state index is 0.00131. The van der Waals surface area contributed by atoms with Crippen LogP contribution in [0.2, 0.25) is 0 Å².